The van der Waals surface area contributed by atoms with Crippen LogP contribution in [0, 0.1) is 0 Å². The first-order valence-electron chi connectivity index (χ1n) is 17.2. The van der Waals surface area contributed by atoms with Crippen molar-refractivity contribution in [1.82, 2.24) is 34.5 Å². The van der Waals surface area contributed by atoms with Gasteiger partial charge in [-0.15, -0.1) is 0 Å². The van der Waals surface area contributed by atoms with Crippen LogP contribution < -0.4 is 16.7 Å². The van der Waals surface area contributed by atoms with Gasteiger partial charge in [0.15, 0.2) is 0 Å². The number of aryl methyl sites for hydroxylation is 1. The minimum Gasteiger partial charge on any atom is -0.397 e. The molecule has 3 saturated heterocycles. The first-order valence-corrected chi connectivity index (χ1v) is 17.6. The zero-order valence-electron chi connectivity index (χ0n) is 27.7. The normalized spacial score (nSPS) is 20.0. The fourth-order valence-electron chi connectivity index (χ4n) is 7.69. The summed E-state index contributed by atoms with van der Waals surface area (Å²) in [4.78, 5) is 52.3. The molecule has 0 saturated carbocycles. The number of likely N-dealkylation sites (tertiary alicyclic amines) is 2. The lowest BCUT2D eigenvalue weighted by atomic mass is 9.98. The quantitative estimate of drug-likeness (QED) is 0.331. The summed E-state index contributed by atoms with van der Waals surface area (Å²) in [5.74, 6) is -0.0568. The molecule has 254 valence electrons. The summed E-state index contributed by atoms with van der Waals surface area (Å²) < 4.78 is 1.82. The summed E-state index contributed by atoms with van der Waals surface area (Å²) in [6, 6.07) is 11.0. The van der Waals surface area contributed by atoms with E-state index < -0.39 is 6.04 Å². The first kappa shape index (κ1) is 33.4. The third-order valence-corrected chi connectivity index (χ3v) is 10.8. The lowest BCUT2D eigenvalue weighted by Gasteiger charge is -2.39. The molecule has 12 heteroatoms. The summed E-state index contributed by atoms with van der Waals surface area (Å²) in [7, 11) is 2.18. The number of nitrogen functional groups attached to an aromatic ring is 1. The summed E-state index contributed by atoms with van der Waals surface area (Å²) in [6.45, 7) is 8.74. The number of para-hydroxylation sites is 2. The minimum atomic E-state index is -0.732. The van der Waals surface area contributed by atoms with Gasteiger partial charge in [0, 0.05) is 57.8 Å². The molecule has 6 rings (SSSR count). The molecule has 0 radical (unpaired) electrons. The number of urea groups is 1. The van der Waals surface area contributed by atoms with Crippen molar-refractivity contribution in [3.05, 3.63) is 63.0 Å². The largest absolute Gasteiger partial charge is 0.397 e. The van der Waals surface area contributed by atoms with E-state index in [0.717, 1.165) is 67.6 Å². The lowest BCUT2D eigenvalue weighted by Crippen LogP contribution is -2.56. The van der Waals surface area contributed by atoms with Crippen LogP contribution in [0.15, 0.2) is 41.2 Å². The van der Waals surface area contributed by atoms with Crippen molar-refractivity contribution in [3.63, 3.8) is 0 Å². The van der Waals surface area contributed by atoms with Crippen LogP contribution in [0.25, 0.3) is 11.0 Å². The van der Waals surface area contributed by atoms with Gasteiger partial charge < -0.3 is 30.7 Å². The van der Waals surface area contributed by atoms with Gasteiger partial charge in [0.25, 0.3) is 0 Å². The standard InChI is InChI=1S/C35H49ClN8O3/c1-3-25-21-24(22-28(36)32(25)37)23-30(33(45)42-15-9-26(10-16-42)41-14-6-13-40(2)19-20-41)39-34(46)43-17-11-27(12-18-43)44-31-8-5-4-7-29(31)38-35(44)47/h4-5,7-8,21-22,26-27,30H,3,6,9-20,23,37H2,1-2H3,(H,38,47)(H,39,46)/t30-/m1/s1. The number of imidazole rings is 1. The van der Waals surface area contributed by atoms with Crippen LogP contribution in [0.1, 0.15) is 56.2 Å². The number of aromatic nitrogens is 2. The highest BCUT2D eigenvalue weighted by molar-refractivity contribution is 6.33. The van der Waals surface area contributed by atoms with Crippen LogP contribution >= 0.6 is 11.6 Å². The monoisotopic (exact) mass is 664 g/mol. The number of hydrogen-bond acceptors (Lipinski definition) is 6. The second kappa shape index (κ2) is 14.7. The number of nitrogens with one attached hydrogen (secondary N) is 2. The molecule has 3 fully saturated rings. The molecule has 4 N–H and O–H groups in total. The number of H-pyrrole nitrogens is 1. The number of nitrogens with two attached hydrogens (primary N) is 1. The number of carbonyl (C=O) groups excluding carboxylic acids is 2. The Morgan fingerprint density at radius 2 is 1.66 bits per heavy atom. The number of carbonyl (C=O) groups is 2. The molecule has 0 aliphatic carbocycles. The molecule has 47 heavy (non-hydrogen) atoms. The topological polar surface area (TPSA) is 123 Å². The molecule has 11 nitrogen and oxygen atoms in total. The average Bonchev–Trinajstić information content (AvgIpc) is 3.26. The zero-order valence-corrected chi connectivity index (χ0v) is 28.5. The van der Waals surface area contributed by atoms with Crippen molar-refractivity contribution in [3.8, 4) is 0 Å². The molecule has 1 atom stereocenters. The molecule has 0 unspecified atom stereocenters. The van der Waals surface area contributed by atoms with E-state index in [2.05, 4.69) is 27.1 Å². The fraction of sp³-hybridized carbons (Fsp3) is 0.571. The Morgan fingerprint density at radius 3 is 2.40 bits per heavy atom. The molecule has 3 aliphatic heterocycles. The highest BCUT2D eigenvalue weighted by Gasteiger charge is 2.34. The number of nitrogens with zero attached hydrogens (tertiary/aromatic N) is 5. The molecule has 0 bridgehead atoms. The van der Waals surface area contributed by atoms with E-state index >= 15 is 0 Å². The third kappa shape index (κ3) is 7.47. The van der Waals surface area contributed by atoms with Gasteiger partial charge >= 0.3 is 11.7 Å². The average molecular weight is 665 g/mol. The number of fused-ring (bicyclic) bond motifs is 1. The van der Waals surface area contributed by atoms with E-state index in [1.165, 1.54) is 6.42 Å². The Balaban J connectivity index is 1.13. The Labute approximate surface area is 282 Å². The van der Waals surface area contributed by atoms with Crippen molar-refractivity contribution in [2.75, 3.05) is 65.1 Å². The number of rotatable bonds is 7. The maximum atomic E-state index is 14.2. The van der Waals surface area contributed by atoms with Gasteiger partial charge in [-0.1, -0.05) is 36.7 Å². The second-order valence-electron chi connectivity index (χ2n) is 13.5. The molecular weight excluding hydrogens is 616 g/mol. The molecule has 3 amide bonds. The Morgan fingerprint density at radius 1 is 0.957 bits per heavy atom. The van der Waals surface area contributed by atoms with E-state index in [4.69, 9.17) is 17.3 Å². The number of hydrogen-bond donors (Lipinski definition) is 3. The smallest absolute Gasteiger partial charge is 0.326 e. The number of piperidine rings is 2. The van der Waals surface area contributed by atoms with Crippen LogP contribution in [-0.2, 0) is 17.6 Å². The number of likely N-dealkylation sites (N-methyl/N-ethyl adjacent to an activating group) is 1. The van der Waals surface area contributed by atoms with Gasteiger partial charge in [0.1, 0.15) is 6.04 Å². The summed E-state index contributed by atoms with van der Waals surface area (Å²) in [6.07, 6.45) is 5.40. The van der Waals surface area contributed by atoms with Crippen molar-refractivity contribution in [2.24, 2.45) is 0 Å². The maximum absolute atomic E-state index is 14.2. The molecule has 3 aliphatic rings. The Bertz CT molecular complexity index is 1620. The van der Waals surface area contributed by atoms with Gasteiger partial charge in [-0.25, -0.2) is 9.59 Å². The molecule has 1 aromatic heterocycles. The second-order valence-corrected chi connectivity index (χ2v) is 13.9. The number of aromatic amines is 1. The predicted molar refractivity (Wildman–Crippen MR) is 187 cm³/mol. The zero-order chi connectivity index (χ0) is 33.1. The number of anilines is 1. The lowest BCUT2D eigenvalue weighted by molar-refractivity contribution is -0.134. The van der Waals surface area contributed by atoms with Gasteiger partial charge in [-0.2, -0.15) is 0 Å². The van der Waals surface area contributed by atoms with Crippen LogP contribution in [0.4, 0.5) is 10.5 Å². The highest BCUT2D eigenvalue weighted by atomic mass is 35.5. The minimum absolute atomic E-state index is 0.00425. The predicted octanol–water partition coefficient (Wildman–Crippen LogP) is 3.71. The van der Waals surface area contributed by atoms with Crippen LogP contribution in [0.2, 0.25) is 5.02 Å². The summed E-state index contributed by atoms with van der Waals surface area (Å²) in [5.41, 5.74) is 10.2. The molecule has 3 aromatic rings. The van der Waals surface area contributed by atoms with E-state index in [9.17, 15) is 14.4 Å². The van der Waals surface area contributed by atoms with Gasteiger partial charge in [0.05, 0.1) is 21.7 Å². The fourth-order valence-corrected chi connectivity index (χ4v) is 7.95. The van der Waals surface area contributed by atoms with Crippen LogP contribution in [-0.4, -0.2) is 113 Å². The number of halogens is 1. The van der Waals surface area contributed by atoms with Crippen molar-refractivity contribution < 1.29 is 9.59 Å². The summed E-state index contributed by atoms with van der Waals surface area (Å²) in [5, 5.41) is 3.58. The molecule has 2 aromatic carbocycles. The van der Waals surface area contributed by atoms with Gasteiger partial charge in [-0.05, 0) is 88.0 Å². The van der Waals surface area contributed by atoms with Crippen LogP contribution in [0.3, 0.4) is 0 Å². The van der Waals surface area contributed by atoms with Gasteiger partial charge in [-0.3, -0.25) is 14.3 Å². The SMILES string of the molecule is CCc1cc(C[C@@H](NC(=O)N2CCC(n3c(=O)[nH]c4ccccc43)CC2)C(=O)N2CCC(N3CCCN(C)CC3)CC2)cc(Cl)c1N. The Hall–Kier alpha value is -3.54. The van der Waals surface area contributed by atoms with E-state index in [0.29, 0.717) is 62.2 Å². The van der Waals surface area contributed by atoms with E-state index in [-0.39, 0.29) is 23.7 Å². The maximum Gasteiger partial charge on any atom is 0.326 e. The van der Waals surface area contributed by atoms with Crippen LogP contribution in [0.5, 0.6) is 0 Å². The van der Waals surface area contributed by atoms with Crippen molar-refractivity contribution in [1.29, 1.82) is 0 Å². The molecule has 0 spiro atoms. The first-order chi connectivity index (χ1) is 22.7. The third-order valence-electron chi connectivity index (χ3n) is 10.5. The van der Waals surface area contributed by atoms with Gasteiger partial charge in [0.2, 0.25) is 5.91 Å². The van der Waals surface area contributed by atoms with Crippen molar-refractivity contribution >= 4 is 40.3 Å². The van der Waals surface area contributed by atoms with E-state index in [1.54, 1.807) is 4.90 Å². The van der Waals surface area contributed by atoms with Crippen molar-refractivity contribution in [2.45, 2.75) is 70.0 Å². The molecular formula is C35H49ClN8O3. The number of amides is 3. The Kier molecular flexibility index (Phi) is 10.4. The summed E-state index contributed by atoms with van der Waals surface area (Å²) >= 11 is 6.50. The number of benzene rings is 2. The highest BCUT2D eigenvalue weighted by Crippen LogP contribution is 2.28. The molecule has 4 heterocycles. The van der Waals surface area contributed by atoms with E-state index in [1.807, 2.05) is 52.8 Å².